The molecule has 0 amide bonds. The largest absolute Gasteiger partial charge is 0.497 e. The smallest absolute Gasteiger partial charge is 0.185 e. The van der Waals surface area contributed by atoms with Crippen molar-refractivity contribution in [3.8, 4) is 11.4 Å². The highest BCUT2D eigenvalue weighted by Crippen LogP contribution is 2.19. The van der Waals surface area contributed by atoms with Gasteiger partial charge in [-0.25, -0.2) is 8.42 Å². The third-order valence-electron chi connectivity index (χ3n) is 3.27. The van der Waals surface area contributed by atoms with Crippen LogP contribution >= 0.6 is 0 Å². The van der Waals surface area contributed by atoms with E-state index in [4.69, 9.17) is 4.74 Å². The molecule has 0 aliphatic rings. The number of hydrogen-bond donors (Lipinski definition) is 0. The van der Waals surface area contributed by atoms with Crippen LogP contribution in [0.5, 0.6) is 5.75 Å². The van der Waals surface area contributed by atoms with Crippen molar-refractivity contribution in [1.82, 2.24) is 20.2 Å². The first-order valence-electron chi connectivity index (χ1n) is 6.79. The van der Waals surface area contributed by atoms with Crippen molar-refractivity contribution in [1.29, 1.82) is 0 Å². The molecule has 0 aliphatic heterocycles. The number of para-hydroxylation sites is 1. The van der Waals surface area contributed by atoms with Crippen LogP contribution in [0.4, 0.5) is 0 Å². The van der Waals surface area contributed by atoms with E-state index in [9.17, 15) is 8.42 Å². The van der Waals surface area contributed by atoms with Gasteiger partial charge in [-0.05, 0) is 46.8 Å². The van der Waals surface area contributed by atoms with Crippen LogP contribution in [0, 0.1) is 0 Å². The fourth-order valence-corrected chi connectivity index (χ4v) is 3.34. The van der Waals surface area contributed by atoms with Gasteiger partial charge in [-0.1, -0.05) is 18.2 Å². The molecule has 0 atom stereocenters. The summed E-state index contributed by atoms with van der Waals surface area (Å²) in [5, 5.41) is 11.3. The third-order valence-corrected chi connectivity index (χ3v) is 4.90. The Morgan fingerprint density at radius 1 is 1.04 bits per heavy atom. The van der Waals surface area contributed by atoms with Crippen molar-refractivity contribution < 1.29 is 13.2 Å². The number of nitrogens with zero attached hydrogens (tertiary/aromatic N) is 4. The van der Waals surface area contributed by atoms with Crippen molar-refractivity contribution >= 4 is 9.84 Å². The van der Waals surface area contributed by atoms with E-state index in [1.165, 1.54) is 23.9 Å². The van der Waals surface area contributed by atoms with Crippen LogP contribution in [0.3, 0.4) is 0 Å². The Labute approximate surface area is 133 Å². The van der Waals surface area contributed by atoms with E-state index < -0.39 is 9.84 Å². The molecule has 0 N–H and O–H groups in total. The van der Waals surface area contributed by atoms with E-state index in [1.54, 1.807) is 24.3 Å². The lowest BCUT2D eigenvalue weighted by Gasteiger charge is -2.06. The van der Waals surface area contributed by atoms with E-state index >= 15 is 0 Å². The first-order chi connectivity index (χ1) is 11.1. The molecule has 0 saturated heterocycles. The van der Waals surface area contributed by atoms with Crippen molar-refractivity contribution in [3.63, 3.8) is 0 Å². The predicted octanol–water partition coefficient (Wildman–Crippen LogP) is 1.64. The standard InChI is InChI=1S/C15H14N4O3S/c1-22-13-7-9-14(10-8-13)23(20,21)11-15-16-17-18-19(15)12-5-3-2-4-6-12/h2-10H,11H2,1H3. The van der Waals surface area contributed by atoms with Gasteiger partial charge in [0.1, 0.15) is 11.5 Å². The second kappa shape index (κ2) is 6.17. The molecule has 0 spiro atoms. The lowest BCUT2D eigenvalue weighted by atomic mass is 10.3. The van der Waals surface area contributed by atoms with E-state index in [0.717, 1.165) is 0 Å². The third kappa shape index (κ3) is 3.21. The minimum atomic E-state index is -3.56. The summed E-state index contributed by atoms with van der Waals surface area (Å²) in [6, 6.07) is 15.4. The Kier molecular flexibility index (Phi) is 4.07. The van der Waals surface area contributed by atoms with Crippen LogP contribution in [0.25, 0.3) is 5.69 Å². The number of hydrogen-bond acceptors (Lipinski definition) is 6. The van der Waals surface area contributed by atoms with Crippen LogP contribution < -0.4 is 4.74 Å². The zero-order valence-corrected chi connectivity index (χ0v) is 13.1. The Morgan fingerprint density at radius 2 is 1.74 bits per heavy atom. The Bertz CT molecular complexity index is 890. The molecule has 118 valence electrons. The average Bonchev–Trinajstić information content (AvgIpc) is 3.03. The van der Waals surface area contributed by atoms with Crippen LogP contribution in [0.1, 0.15) is 5.82 Å². The predicted molar refractivity (Wildman–Crippen MR) is 83.0 cm³/mol. The molecule has 7 nitrogen and oxygen atoms in total. The number of tetrazole rings is 1. The highest BCUT2D eigenvalue weighted by Gasteiger charge is 2.20. The zero-order chi connectivity index (χ0) is 16.3. The van der Waals surface area contributed by atoms with Gasteiger partial charge in [-0.2, -0.15) is 4.68 Å². The zero-order valence-electron chi connectivity index (χ0n) is 12.3. The van der Waals surface area contributed by atoms with Gasteiger partial charge < -0.3 is 4.74 Å². The summed E-state index contributed by atoms with van der Waals surface area (Å²) in [5.41, 5.74) is 0.706. The summed E-state index contributed by atoms with van der Waals surface area (Å²) in [5.74, 6) is 0.561. The van der Waals surface area contributed by atoms with Gasteiger partial charge in [0.05, 0.1) is 17.7 Å². The molecule has 1 heterocycles. The summed E-state index contributed by atoms with van der Waals surface area (Å²) in [7, 11) is -2.03. The molecule has 2 aromatic carbocycles. The maximum absolute atomic E-state index is 12.5. The molecule has 0 unspecified atom stereocenters. The molecule has 0 bridgehead atoms. The number of ether oxygens (including phenoxy) is 1. The molecule has 0 radical (unpaired) electrons. The number of sulfone groups is 1. The van der Waals surface area contributed by atoms with Crippen molar-refractivity contribution in [3.05, 3.63) is 60.4 Å². The van der Waals surface area contributed by atoms with Gasteiger partial charge in [0, 0.05) is 0 Å². The molecule has 0 fully saturated rings. The monoisotopic (exact) mass is 330 g/mol. The molecule has 0 aliphatic carbocycles. The maximum Gasteiger partial charge on any atom is 0.185 e. The lowest BCUT2D eigenvalue weighted by molar-refractivity contribution is 0.414. The maximum atomic E-state index is 12.5. The van der Waals surface area contributed by atoms with Crippen LogP contribution in [-0.4, -0.2) is 35.7 Å². The van der Waals surface area contributed by atoms with Crippen LogP contribution in [0.2, 0.25) is 0 Å². The topological polar surface area (TPSA) is 87.0 Å². The van der Waals surface area contributed by atoms with Crippen molar-refractivity contribution in [2.75, 3.05) is 7.11 Å². The van der Waals surface area contributed by atoms with Crippen molar-refractivity contribution in [2.45, 2.75) is 10.6 Å². The molecule has 3 rings (SSSR count). The number of methoxy groups -OCH3 is 1. The van der Waals surface area contributed by atoms with E-state index in [2.05, 4.69) is 15.5 Å². The lowest BCUT2D eigenvalue weighted by Crippen LogP contribution is -2.11. The number of benzene rings is 2. The van der Waals surface area contributed by atoms with Crippen LogP contribution in [-0.2, 0) is 15.6 Å². The SMILES string of the molecule is COc1ccc(S(=O)(=O)Cc2nnnn2-c2ccccc2)cc1. The van der Waals surface area contributed by atoms with Gasteiger partial charge in [-0.3, -0.25) is 0 Å². The first kappa shape index (κ1) is 15.2. The summed E-state index contributed by atoms with van der Waals surface area (Å²) in [4.78, 5) is 0.195. The first-order valence-corrected chi connectivity index (χ1v) is 8.45. The van der Waals surface area contributed by atoms with Gasteiger partial charge >= 0.3 is 0 Å². The van der Waals surface area contributed by atoms with Crippen LogP contribution in [0.15, 0.2) is 59.5 Å². The molecular weight excluding hydrogens is 316 g/mol. The summed E-state index contributed by atoms with van der Waals surface area (Å²) >= 11 is 0. The Balaban J connectivity index is 1.91. The van der Waals surface area contributed by atoms with E-state index in [0.29, 0.717) is 11.4 Å². The van der Waals surface area contributed by atoms with Gasteiger partial charge in [0.15, 0.2) is 15.7 Å². The number of aromatic nitrogens is 4. The summed E-state index contributed by atoms with van der Waals surface area (Å²) < 4.78 is 31.5. The normalized spacial score (nSPS) is 11.3. The fraction of sp³-hybridized carbons (Fsp3) is 0.133. The van der Waals surface area contributed by atoms with E-state index in [-0.39, 0.29) is 16.5 Å². The summed E-state index contributed by atoms with van der Waals surface area (Å²) in [6.07, 6.45) is 0. The number of rotatable bonds is 5. The summed E-state index contributed by atoms with van der Waals surface area (Å²) in [6.45, 7) is 0. The molecule has 8 heteroatoms. The minimum absolute atomic E-state index is 0.195. The molecule has 1 aromatic heterocycles. The molecule has 3 aromatic rings. The Hall–Kier alpha value is -2.74. The highest BCUT2D eigenvalue weighted by atomic mass is 32.2. The van der Waals surface area contributed by atoms with Gasteiger partial charge in [-0.15, -0.1) is 5.10 Å². The molecular formula is C15H14N4O3S. The molecule has 0 saturated carbocycles. The van der Waals surface area contributed by atoms with Gasteiger partial charge in [0.2, 0.25) is 0 Å². The Morgan fingerprint density at radius 3 is 2.39 bits per heavy atom. The second-order valence-corrected chi connectivity index (χ2v) is 6.77. The quantitative estimate of drug-likeness (QED) is 0.707. The van der Waals surface area contributed by atoms with Gasteiger partial charge in [0.25, 0.3) is 0 Å². The average molecular weight is 330 g/mol. The van der Waals surface area contributed by atoms with Crippen molar-refractivity contribution in [2.24, 2.45) is 0 Å². The minimum Gasteiger partial charge on any atom is -0.497 e. The van der Waals surface area contributed by atoms with E-state index in [1.807, 2.05) is 18.2 Å². The fourth-order valence-electron chi connectivity index (χ4n) is 2.10. The highest BCUT2D eigenvalue weighted by molar-refractivity contribution is 7.90. The second-order valence-electron chi connectivity index (χ2n) is 4.78. The molecule has 23 heavy (non-hydrogen) atoms.